The van der Waals surface area contributed by atoms with Crippen molar-refractivity contribution < 1.29 is 34.6 Å². The highest BCUT2D eigenvalue weighted by atomic mass is 16.5. The number of aliphatic hydroxyl groups excluding tert-OH is 4. The van der Waals surface area contributed by atoms with Crippen molar-refractivity contribution in [3.8, 4) is 17.2 Å². The van der Waals surface area contributed by atoms with Gasteiger partial charge in [-0.25, -0.2) is 0 Å². The fraction of sp³-hybridized carbons (Fsp3) is 0.538. The number of rotatable bonds is 10. The quantitative estimate of drug-likeness (QED) is 0.444. The maximum Gasteiger partial charge on any atom is 0.165 e. The van der Waals surface area contributed by atoms with Crippen LogP contribution < -0.4 is 14.2 Å². The maximum atomic E-state index is 9.28. The predicted octanol–water partition coefficient (Wildman–Crippen LogP) is -0.839. The molecule has 0 radical (unpaired) electrons. The summed E-state index contributed by atoms with van der Waals surface area (Å²) in [5, 5.41) is 35.5. The first kappa shape index (κ1) is 16.5. The van der Waals surface area contributed by atoms with Crippen LogP contribution in [0.4, 0.5) is 0 Å². The lowest BCUT2D eigenvalue weighted by Crippen LogP contribution is -2.21. The molecule has 7 heteroatoms. The summed E-state index contributed by atoms with van der Waals surface area (Å²) in [6.07, 6.45) is -0.997. The molecule has 0 aliphatic rings. The van der Waals surface area contributed by atoms with Crippen LogP contribution in [0.15, 0.2) is 18.2 Å². The third-order valence-electron chi connectivity index (χ3n) is 2.27. The zero-order valence-electron chi connectivity index (χ0n) is 11.1. The van der Waals surface area contributed by atoms with Crippen molar-refractivity contribution in [1.82, 2.24) is 0 Å². The Kier molecular flexibility index (Phi) is 7.74. The van der Waals surface area contributed by atoms with Crippen LogP contribution in [0.25, 0.3) is 0 Å². The van der Waals surface area contributed by atoms with Gasteiger partial charge in [0.05, 0.1) is 19.8 Å². The van der Waals surface area contributed by atoms with Gasteiger partial charge in [-0.15, -0.1) is 0 Å². The Labute approximate surface area is 117 Å². The van der Waals surface area contributed by atoms with Gasteiger partial charge in [0.15, 0.2) is 11.5 Å². The maximum absolute atomic E-state index is 9.28. The summed E-state index contributed by atoms with van der Waals surface area (Å²) in [5.41, 5.74) is 0. The third-order valence-corrected chi connectivity index (χ3v) is 2.27. The molecule has 0 aliphatic carbocycles. The Morgan fingerprint density at radius 2 is 1.60 bits per heavy atom. The molecule has 1 rings (SSSR count). The van der Waals surface area contributed by atoms with Crippen molar-refractivity contribution in [2.24, 2.45) is 0 Å². The number of aliphatic hydroxyl groups is 4. The van der Waals surface area contributed by atoms with Crippen LogP contribution in [0, 0.1) is 0 Å². The van der Waals surface area contributed by atoms with Crippen LogP contribution in [0.2, 0.25) is 0 Å². The van der Waals surface area contributed by atoms with Crippen molar-refractivity contribution in [1.29, 1.82) is 0 Å². The van der Waals surface area contributed by atoms with Gasteiger partial charge in [-0.2, -0.15) is 0 Å². The highest BCUT2D eigenvalue weighted by Crippen LogP contribution is 2.31. The Morgan fingerprint density at radius 3 is 2.25 bits per heavy atom. The average Bonchev–Trinajstić information content (AvgIpc) is 2.49. The van der Waals surface area contributed by atoms with Crippen LogP contribution >= 0.6 is 0 Å². The molecule has 0 heterocycles. The summed E-state index contributed by atoms with van der Waals surface area (Å²) in [4.78, 5) is 0. The molecule has 0 bridgehead atoms. The second-order valence-corrected chi connectivity index (χ2v) is 3.90. The molecule has 114 valence electrons. The number of benzene rings is 1. The van der Waals surface area contributed by atoms with Gasteiger partial charge in [-0.05, 0) is 12.1 Å². The highest BCUT2D eigenvalue weighted by Gasteiger charge is 2.10. The van der Waals surface area contributed by atoms with E-state index in [0.717, 1.165) is 0 Å². The largest absolute Gasteiger partial charge is 0.491 e. The summed E-state index contributed by atoms with van der Waals surface area (Å²) in [6, 6.07) is 4.78. The first-order valence-electron chi connectivity index (χ1n) is 6.24. The van der Waals surface area contributed by atoms with E-state index in [1.807, 2.05) is 0 Å². The molecule has 1 aromatic carbocycles. The molecule has 0 amide bonds. The molecule has 4 N–H and O–H groups in total. The van der Waals surface area contributed by atoms with Crippen molar-refractivity contribution in [2.45, 2.75) is 6.10 Å². The predicted molar refractivity (Wildman–Crippen MR) is 70.2 cm³/mol. The van der Waals surface area contributed by atoms with Gasteiger partial charge in [-0.1, -0.05) is 0 Å². The van der Waals surface area contributed by atoms with E-state index in [4.69, 9.17) is 29.5 Å². The molecule has 1 unspecified atom stereocenters. The van der Waals surface area contributed by atoms with Crippen molar-refractivity contribution >= 4 is 0 Å². The summed E-state index contributed by atoms with van der Waals surface area (Å²) in [7, 11) is 0. The highest BCUT2D eigenvalue weighted by molar-refractivity contribution is 5.45. The molecule has 0 aromatic heterocycles. The van der Waals surface area contributed by atoms with Crippen LogP contribution in [-0.4, -0.2) is 66.2 Å². The van der Waals surface area contributed by atoms with E-state index in [1.165, 1.54) is 0 Å². The minimum Gasteiger partial charge on any atom is -0.491 e. The fourth-order valence-electron chi connectivity index (χ4n) is 1.37. The van der Waals surface area contributed by atoms with Crippen molar-refractivity contribution in [3.05, 3.63) is 18.2 Å². The molecule has 0 saturated carbocycles. The summed E-state index contributed by atoms with van der Waals surface area (Å²) < 4.78 is 15.9. The molecule has 1 aromatic rings. The van der Waals surface area contributed by atoms with Gasteiger partial charge in [0.2, 0.25) is 0 Å². The molecular weight excluding hydrogens is 268 g/mol. The lowest BCUT2D eigenvalue weighted by atomic mass is 10.3. The number of hydrogen-bond donors (Lipinski definition) is 4. The minimum atomic E-state index is -0.997. The lowest BCUT2D eigenvalue weighted by Gasteiger charge is -2.15. The standard InChI is InChI=1S/C13H20O7/c14-3-5-18-11-1-2-12(19-6-4-15)13(7-11)20-9-10(17)8-16/h1-2,7,10,14-17H,3-6,8-9H2. The SMILES string of the molecule is OCCOc1ccc(OCCO)c(OCC(O)CO)c1. The van der Waals surface area contributed by atoms with Gasteiger partial charge in [0.1, 0.15) is 31.7 Å². The van der Waals surface area contributed by atoms with E-state index in [1.54, 1.807) is 18.2 Å². The molecule has 20 heavy (non-hydrogen) atoms. The van der Waals surface area contributed by atoms with Gasteiger partial charge in [0.25, 0.3) is 0 Å². The van der Waals surface area contributed by atoms with E-state index in [-0.39, 0.29) is 33.0 Å². The smallest absolute Gasteiger partial charge is 0.165 e. The molecule has 7 nitrogen and oxygen atoms in total. The van der Waals surface area contributed by atoms with Gasteiger partial charge in [0, 0.05) is 6.07 Å². The zero-order chi connectivity index (χ0) is 14.8. The Morgan fingerprint density at radius 1 is 0.900 bits per heavy atom. The monoisotopic (exact) mass is 288 g/mol. The first-order chi connectivity index (χ1) is 9.71. The van der Waals surface area contributed by atoms with Crippen LogP contribution in [0.3, 0.4) is 0 Å². The van der Waals surface area contributed by atoms with E-state index >= 15 is 0 Å². The first-order valence-corrected chi connectivity index (χ1v) is 6.24. The second-order valence-electron chi connectivity index (χ2n) is 3.90. The van der Waals surface area contributed by atoms with Crippen LogP contribution in [0.1, 0.15) is 0 Å². The van der Waals surface area contributed by atoms with Gasteiger partial charge in [-0.3, -0.25) is 0 Å². The Balaban J connectivity index is 2.76. The fourth-order valence-corrected chi connectivity index (χ4v) is 1.37. The lowest BCUT2D eigenvalue weighted by molar-refractivity contribution is 0.0521. The Bertz CT molecular complexity index is 383. The van der Waals surface area contributed by atoms with E-state index in [2.05, 4.69) is 0 Å². The van der Waals surface area contributed by atoms with Crippen molar-refractivity contribution in [3.63, 3.8) is 0 Å². The summed E-state index contributed by atoms with van der Waals surface area (Å²) in [5.74, 6) is 1.19. The minimum absolute atomic E-state index is 0.102. The zero-order valence-corrected chi connectivity index (χ0v) is 11.1. The van der Waals surface area contributed by atoms with Crippen LogP contribution in [0.5, 0.6) is 17.2 Å². The summed E-state index contributed by atoms with van der Waals surface area (Å²) >= 11 is 0. The van der Waals surface area contributed by atoms with E-state index < -0.39 is 12.7 Å². The number of ether oxygens (including phenoxy) is 3. The Hall–Kier alpha value is -1.54. The molecule has 1 atom stereocenters. The van der Waals surface area contributed by atoms with Crippen LogP contribution in [-0.2, 0) is 0 Å². The molecule has 0 aliphatic heterocycles. The summed E-state index contributed by atoms with van der Waals surface area (Å²) in [6.45, 7) is -0.502. The van der Waals surface area contributed by atoms with Gasteiger partial charge >= 0.3 is 0 Å². The van der Waals surface area contributed by atoms with E-state index in [0.29, 0.717) is 17.2 Å². The van der Waals surface area contributed by atoms with E-state index in [9.17, 15) is 5.11 Å². The molecule has 0 fully saturated rings. The molecule has 0 spiro atoms. The van der Waals surface area contributed by atoms with Crippen molar-refractivity contribution in [2.75, 3.05) is 39.6 Å². The molecule has 0 saturated heterocycles. The number of hydrogen-bond acceptors (Lipinski definition) is 7. The normalized spacial score (nSPS) is 12.0. The molecular formula is C13H20O7. The average molecular weight is 288 g/mol. The topological polar surface area (TPSA) is 109 Å². The van der Waals surface area contributed by atoms with Gasteiger partial charge < -0.3 is 34.6 Å². The third kappa shape index (κ3) is 5.62. The second kappa shape index (κ2) is 9.38.